The third kappa shape index (κ3) is 5.87. The SMILES string of the molecule is C\C(=C/C=C/C=C(\C)C(=O)O)CO. The van der Waals surface area contributed by atoms with Gasteiger partial charge in [0.1, 0.15) is 0 Å². The highest BCUT2D eigenvalue weighted by Crippen LogP contribution is 1.94. The summed E-state index contributed by atoms with van der Waals surface area (Å²) in [7, 11) is 0. The number of hydrogen-bond donors (Lipinski definition) is 2. The lowest BCUT2D eigenvalue weighted by Gasteiger charge is -1.89. The smallest absolute Gasteiger partial charge is 0.331 e. The maximum absolute atomic E-state index is 10.3. The fourth-order valence-electron chi connectivity index (χ4n) is 0.544. The van der Waals surface area contributed by atoms with Crippen LogP contribution in [0.3, 0.4) is 0 Å². The molecule has 2 N–H and O–H groups in total. The normalized spacial score (nSPS) is 13.8. The molecule has 0 aromatic heterocycles. The average Bonchev–Trinajstić information content (AvgIpc) is 2.11. The summed E-state index contributed by atoms with van der Waals surface area (Å²) in [6.45, 7) is 3.33. The molecule has 0 saturated carbocycles. The Morgan fingerprint density at radius 2 is 1.77 bits per heavy atom. The van der Waals surface area contributed by atoms with Crippen molar-refractivity contribution in [3.63, 3.8) is 0 Å². The zero-order chi connectivity index (χ0) is 10.3. The van der Waals surface area contributed by atoms with E-state index >= 15 is 0 Å². The molecule has 0 radical (unpaired) electrons. The van der Waals surface area contributed by atoms with Crippen LogP contribution in [0.1, 0.15) is 13.8 Å². The highest BCUT2D eigenvalue weighted by Gasteiger charge is 1.94. The molecule has 3 heteroatoms. The van der Waals surface area contributed by atoms with E-state index in [4.69, 9.17) is 10.2 Å². The molecule has 0 saturated heterocycles. The molecule has 0 atom stereocenters. The first-order valence-electron chi connectivity index (χ1n) is 3.92. The molecular weight excluding hydrogens is 168 g/mol. The second-order valence-electron chi connectivity index (χ2n) is 2.71. The summed E-state index contributed by atoms with van der Waals surface area (Å²) in [5.41, 5.74) is 1.11. The first kappa shape index (κ1) is 11.6. The fourth-order valence-corrected chi connectivity index (χ4v) is 0.544. The van der Waals surface area contributed by atoms with Gasteiger partial charge in [-0.25, -0.2) is 4.79 Å². The van der Waals surface area contributed by atoms with Gasteiger partial charge in [0.15, 0.2) is 0 Å². The van der Waals surface area contributed by atoms with Crippen molar-refractivity contribution in [1.29, 1.82) is 0 Å². The summed E-state index contributed by atoms with van der Waals surface area (Å²) < 4.78 is 0. The number of hydrogen-bond acceptors (Lipinski definition) is 2. The van der Waals surface area contributed by atoms with Crippen molar-refractivity contribution >= 4 is 5.97 Å². The van der Waals surface area contributed by atoms with Crippen molar-refractivity contribution < 1.29 is 15.0 Å². The van der Waals surface area contributed by atoms with Crippen LogP contribution in [0.25, 0.3) is 0 Å². The second-order valence-corrected chi connectivity index (χ2v) is 2.71. The molecule has 13 heavy (non-hydrogen) atoms. The Hall–Kier alpha value is -1.35. The third-order valence-electron chi connectivity index (χ3n) is 1.42. The maximum Gasteiger partial charge on any atom is 0.331 e. The predicted molar refractivity (Wildman–Crippen MR) is 51.4 cm³/mol. The molecule has 0 aliphatic heterocycles. The Morgan fingerprint density at radius 1 is 1.23 bits per heavy atom. The van der Waals surface area contributed by atoms with Crippen LogP contribution in [0.4, 0.5) is 0 Å². The standard InChI is InChI=1S/C10H14O3/c1-8(7-11)5-3-4-6-9(2)10(12)13/h3-6,11H,7H2,1-2H3,(H,12,13)/b4-3+,8-5+,9-6+. The van der Waals surface area contributed by atoms with Crippen LogP contribution in [0.15, 0.2) is 35.5 Å². The number of carbonyl (C=O) groups is 1. The summed E-state index contributed by atoms with van der Waals surface area (Å²) in [5, 5.41) is 17.1. The van der Waals surface area contributed by atoms with Crippen LogP contribution in [0.2, 0.25) is 0 Å². The van der Waals surface area contributed by atoms with E-state index in [2.05, 4.69) is 0 Å². The number of rotatable bonds is 4. The Morgan fingerprint density at radius 3 is 2.23 bits per heavy atom. The monoisotopic (exact) mass is 182 g/mol. The number of allylic oxidation sites excluding steroid dienone is 4. The van der Waals surface area contributed by atoms with Gasteiger partial charge >= 0.3 is 5.97 Å². The van der Waals surface area contributed by atoms with Crippen LogP contribution in [-0.4, -0.2) is 22.8 Å². The number of carboxylic acid groups (broad SMARTS) is 1. The number of aliphatic hydroxyl groups is 1. The van der Waals surface area contributed by atoms with Crippen LogP contribution in [0, 0.1) is 0 Å². The van der Waals surface area contributed by atoms with Crippen molar-refractivity contribution in [3.05, 3.63) is 35.5 Å². The average molecular weight is 182 g/mol. The number of carboxylic acids is 1. The molecule has 0 aliphatic carbocycles. The van der Waals surface area contributed by atoms with Crippen LogP contribution < -0.4 is 0 Å². The molecule has 0 spiro atoms. The third-order valence-corrected chi connectivity index (χ3v) is 1.42. The predicted octanol–water partition coefficient (Wildman–Crippen LogP) is 1.51. The van der Waals surface area contributed by atoms with Crippen molar-refractivity contribution in [2.24, 2.45) is 0 Å². The molecule has 0 aliphatic rings. The molecule has 0 rings (SSSR count). The summed E-state index contributed by atoms with van der Waals surface area (Å²) in [6, 6.07) is 0. The van der Waals surface area contributed by atoms with Gasteiger partial charge < -0.3 is 10.2 Å². The lowest BCUT2D eigenvalue weighted by atomic mass is 10.2. The van der Waals surface area contributed by atoms with Crippen LogP contribution >= 0.6 is 0 Å². The lowest BCUT2D eigenvalue weighted by Crippen LogP contribution is -1.94. The van der Waals surface area contributed by atoms with E-state index in [1.165, 1.54) is 13.0 Å². The Balaban J connectivity index is 4.16. The van der Waals surface area contributed by atoms with Gasteiger partial charge in [-0.3, -0.25) is 0 Å². The maximum atomic E-state index is 10.3. The van der Waals surface area contributed by atoms with Crippen LogP contribution in [0.5, 0.6) is 0 Å². The molecule has 72 valence electrons. The van der Waals surface area contributed by atoms with Crippen molar-refractivity contribution in [2.45, 2.75) is 13.8 Å². The number of aliphatic carboxylic acids is 1. The summed E-state index contributed by atoms with van der Waals surface area (Å²) in [6.07, 6.45) is 6.55. The summed E-state index contributed by atoms with van der Waals surface area (Å²) in [4.78, 5) is 10.3. The van der Waals surface area contributed by atoms with Gasteiger partial charge in [0, 0.05) is 5.57 Å². The Bertz CT molecular complexity index is 259. The topological polar surface area (TPSA) is 57.5 Å². The minimum atomic E-state index is -0.924. The van der Waals surface area contributed by atoms with Crippen molar-refractivity contribution in [2.75, 3.05) is 6.61 Å². The molecule has 3 nitrogen and oxygen atoms in total. The molecule has 0 bridgehead atoms. The quantitative estimate of drug-likeness (QED) is 0.512. The van der Waals surface area contributed by atoms with E-state index in [9.17, 15) is 4.79 Å². The highest BCUT2D eigenvalue weighted by atomic mass is 16.4. The van der Waals surface area contributed by atoms with Gasteiger partial charge in [-0.15, -0.1) is 0 Å². The van der Waals surface area contributed by atoms with E-state index in [-0.39, 0.29) is 12.2 Å². The zero-order valence-corrected chi connectivity index (χ0v) is 7.82. The van der Waals surface area contributed by atoms with Crippen molar-refractivity contribution in [1.82, 2.24) is 0 Å². The molecule has 0 aromatic carbocycles. The highest BCUT2D eigenvalue weighted by molar-refractivity contribution is 5.86. The van der Waals surface area contributed by atoms with Gasteiger partial charge in [0.2, 0.25) is 0 Å². The summed E-state index contributed by atoms with van der Waals surface area (Å²) >= 11 is 0. The molecule has 0 aromatic rings. The molecule has 0 amide bonds. The zero-order valence-electron chi connectivity index (χ0n) is 7.82. The first-order valence-corrected chi connectivity index (χ1v) is 3.92. The van der Waals surface area contributed by atoms with E-state index in [1.807, 2.05) is 0 Å². The van der Waals surface area contributed by atoms with Gasteiger partial charge in [0.05, 0.1) is 6.61 Å². The minimum Gasteiger partial charge on any atom is -0.478 e. The number of aliphatic hydroxyl groups excluding tert-OH is 1. The van der Waals surface area contributed by atoms with E-state index in [1.54, 1.807) is 25.2 Å². The Kier molecular flexibility index (Phi) is 5.55. The molecule has 0 fully saturated rings. The fraction of sp³-hybridized carbons (Fsp3) is 0.300. The molecular formula is C10H14O3. The van der Waals surface area contributed by atoms with E-state index in [0.29, 0.717) is 0 Å². The second kappa shape index (κ2) is 6.20. The van der Waals surface area contributed by atoms with Gasteiger partial charge in [-0.1, -0.05) is 24.3 Å². The minimum absolute atomic E-state index is 0.0198. The van der Waals surface area contributed by atoms with Gasteiger partial charge in [-0.2, -0.15) is 0 Å². The largest absolute Gasteiger partial charge is 0.478 e. The van der Waals surface area contributed by atoms with E-state index < -0.39 is 5.97 Å². The summed E-state index contributed by atoms with van der Waals surface area (Å²) in [5.74, 6) is -0.924. The molecule has 0 heterocycles. The molecule has 0 unspecified atom stereocenters. The van der Waals surface area contributed by atoms with E-state index in [0.717, 1.165) is 5.57 Å². The Labute approximate surface area is 77.7 Å². The van der Waals surface area contributed by atoms with Gasteiger partial charge in [-0.05, 0) is 19.4 Å². The lowest BCUT2D eigenvalue weighted by molar-refractivity contribution is -0.132. The first-order chi connectivity index (χ1) is 6.07. The van der Waals surface area contributed by atoms with Crippen LogP contribution in [-0.2, 0) is 4.79 Å². The van der Waals surface area contributed by atoms with Crippen molar-refractivity contribution in [3.8, 4) is 0 Å². The van der Waals surface area contributed by atoms with Gasteiger partial charge in [0.25, 0.3) is 0 Å².